The van der Waals surface area contributed by atoms with Gasteiger partial charge in [0.15, 0.2) is 0 Å². The molecule has 0 aliphatic rings. The molecule has 0 bridgehead atoms. The van der Waals surface area contributed by atoms with Crippen LogP contribution >= 0.6 is 0 Å². The molecule has 0 aliphatic carbocycles. The fourth-order valence-corrected chi connectivity index (χ4v) is 5.51. The third kappa shape index (κ3) is 12.9. The van der Waals surface area contributed by atoms with E-state index < -0.39 is 31.3 Å². The minimum Gasteiger partial charge on any atom is -0.304 e. The summed E-state index contributed by atoms with van der Waals surface area (Å²) in [7, 11) is -11.7. The van der Waals surface area contributed by atoms with Gasteiger partial charge >= 0.3 is 31.3 Å². The third-order valence-electron chi connectivity index (χ3n) is 8.02. The molecule has 0 spiro atoms. The van der Waals surface area contributed by atoms with E-state index in [0.29, 0.717) is 0 Å². The largest absolute Gasteiger partial charge is 0.522 e. The van der Waals surface area contributed by atoms with Gasteiger partial charge in [-0.3, -0.25) is 9.11 Å². The van der Waals surface area contributed by atoms with Crippen LogP contribution in [0.1, 0.15) is 34.3 Å². The molecule has 0 saturated heterocycles. The van der Waals surface area contributed by atoms with E-state index >= 15 is 0 Å². The minimum atomic E-state index is -5.84. The van der Waals surface area contributed by atoms with E-state index in [-0.39, 0.29) is 29.2 Å². The van der Waals surface area contributed by atoms with E-state index in [4.69, 9.17) is 25.9 Å². The molecule has 6 rings (SSSR count). The van der Waals surface area contributed by atoms with Crippen LogP contribution in [0.4, 0.5) is 26.3 Å². The summed E-state index contributed by atoms with van der Waals surface area (Å²) in [6.45, 7) is 1.56. The number of hydrogen-bond acceptors (Lipinski definition) is 6. The quantitative estimate of drug-likeness (QED) is 0.0490. The van der Waals surface area contributed by atoms with Crippen molar-refractivity contribution in [1.82, 2.24) is 10.6 Å². The van der Waals surface area contributed by atoms with Crippen molar-refractivity contribution >= 4 is 41.8 Å². The van der Waals surface area contributed by atoms with Crippen LogP contribution in [0, 0.1) is 0 Å². The van der Waals surface area contributed by atoms with Crippen molar-refractivity contribution in [2.24, 2.45) is 0 Å². The molecule has 17 heteroatoms. The number of hydrogen-bond donors (Lipinski definition) is 4. The first-order chi connectivity index (χ1) is 25.4. The second-order valence-corrected chi connectivity index (χ2v) is 14.5. The summed E-state index contributed by atoms with van der Waals surface area (Å²) in [4.78, 5) is 0. The zero-order chi connectivity index (χ0) is 39.6. The van der Waals surface area contributed by atoms with Gasteiger partial charge in [0, 0.05) is 30.2 Å². The van der Waals surface area contributed by atoms with Gasteiger partial charge in [-0.05, 0) is 43.8 Å². The van der Waals surface area contributed by atoms with Crippen LogP contribution < -0.4 is 10.6 Å². The molecule has 4 N–H and O–H groups in total. The fourth-order valence-electron chi connectivity index (χ4n) is 5.51. The first-order valence-corrected chi connectivity index (χ1v) is 18.8. The molecule has 0 unspecified atom stereocenters. The van der Waals surface area contributed by atoms with E-state index in [0.717, 1.165) is 13.1 Å². The van der Waals surface area contributed by atoms with Crippen molar-refractivity contribution in [2.75, 3.05) is 0 Å². The maximum Gasteiger partial charge on any atom is 0.522 e. The molecule has 8 nitrogen and oxygen atoms in total. The van der Waals surface area contributed by atoms with Crippen molar-refractivity contribution in [3.8, 4) is 0 Å². The van der Waals surface area contributed by atoms with E-state index in [1.165, 1.54) is 43.8 Å². The summed E-state index contributed by atoms with van der Waals surface area (Å²) in [6.07, 6.45) is 0. The minimum absolute atomic E-state index is 0. The molecule has 0 aliphatic heterocycles. The molecule has 6 aromatic rings. The molecule has 55 heavy (non-hydrogen) atoms. The van der Waals surface area contributed by atoms with Crippen molar-refractivity contribution in [1.29, 1.82) is 0 Å². The van der Waals surface area contributed by atoms with E-state index in [2.05, 4.69) is 156 Å². The van der Waals surface area contributed by atoms with Gasteiger partial charge in [-0.2, -0.15) is 43.2 Å². The van der Waals surface area contributed by atoms with Crippen molar-refractivity contribution in [3.05, 3.63) is 168 Å². The first kappa shape index (κ1) is 45.1. The van der Waals surface area contributed by atoms with Crippen molar-refractivity contribution in [2.45, 2.75) is 36.2 Å². The standard InChI is InChI=1S/C36H32N2.2CHF3O3S.Cu/c1-3-15-29(16-4-1)35(37-25-31-21-11-19-27-13-7-9-23-33(27)31)36(30-17-5-2-6-18-30)38-26-32-22-12-20-28-14-8-10-24-34(28)32;2*2-1(3,4)8(5,6)7;/h1-24,35-38H,25-26H2;2*(H,5,6,7);/t35-,36-;;;/m1.../s1. The number of rotatable bonds is 9. The topological polar surface area (TPSA) is 133 Å². The van der Waals surface area contributed by atoms with Gasteiger partial charge in [-0.15, -0.1) is 0 Å². The average molecular weight is 856 g/mol. The van der Waals surface area contributed by atoms with Gasteiger partial charge in [-0.1, -0.05) is 146 Å². The Morgan fingerprint density at radius 3 is 1.04 bits per heavy atom. The molecule has 297 valence electrons. The van der Waals surface area contributed by atoms with Crippen molar-refractivity contribution in [3.63, 3.8) is 0 Å². The number of nitrogens with one attached hydrogen (secondary N) is 2. The Hall–Kier alpha value is -4.32. The van der Waals surface area contributed by atoms with Crippen molar-refractivity contribution < 1.29 is 69.4 Å². The van der Waals surface area contributed by atoms with E-state index in [1.54, 1.807) is 0 Å². The summed E-state index contributed by atoms with van der Waals surface area (Å²) in [5, 5.41) is 13.1. The van der Waals surface area contributed by atoms with Crippen LogP contribution in [0.2, 0.25) is 0 Å². The molecule has 0 fully saturated rings. The SMILES string of the molecule is O=S(=O)(O)C(F)(F)F.O=S(=O)(O)C(F)(F)F.[Cu].c1ccc([C@@H](NCc2cccc3ccccc23)[C@H](NCc2cccc3ccccc23)c2ccccc2)cc1. The van der Waals surface area contributed by atoms with Crippen LogP contribution in [0.5, 0.6) is 0 Å². The number of benzene rings is 6. The number of halogens is 6. The van der Waals surface area contributed by atoms with Crippen LogP contribution in [-0.4, -0.2) is 37.0 Å². The maximum atomic E-state index is 10.7. The summed E-state index contributed by atoms with van der Waals surface area (Å²) < 4.78 is 115. The Bertz CT molecular complexity index is 2170. The molecule has 0 heterocycles. The fraction of sp³-hybridized carbons (Fsp3) is 0.158. The normalized spacial score (nSPS) is 13.0. The molecule has 1 radical (unpaired) electrons. The summed E-state index contributed by atoms with van der Waals surface area (Å²) in [5.74, 6) is 0. The predicted octanol–water partition coefficient (Wildman–Crippen LogP) is 9.14. The van der Waals surface area contributed by atoms with Gasteiger partial charge < -0.3 is 10.6 Å². The average Bonchev–Trinajstić information content (AvgIpc) is 3.12. The summed E-state index contributed by atoms with van der Waals surface area (Å²) >= 11 is 0. The monoisotopic (exact) mass is 855 g/mol. The molecule has 0 saturated carbocycles. The van der Waals surface area contributed by atoms with Gasteiger partial charge in [0.25, 0.3) is 0 Å². The Morgan fingerprint density at radius 1 is 0.455 bits per heavy atom. The summed E-state index contributed by atoms with van der Waals surface area (Å²) in [6, 6.07) is 52.2. The second kappa shape index (κ2) is 19.5. The Morgan fingerprint density at radius 2 is 0.727 bits per heavy atom. The van der Waals surface area contributed by atoms with Gasteiger partial charge in [0.2, 0.25) is 0 Å². The molecule has 6 aromatic carbocycles. The third-order valence-corrected chi connectivity index (χ3v) is 9.19. The molecule has 0 amide bonds. The number of fused-ring (bicyclic) bond motifs is 2. The smallest absolute Gasteiger partial charge is 0.304 e. The van der Waals surface area contributed by atoms with E-state index in [9.17, 15) is 26.3 Å². The maximum absolute atomic E-state index is 10.7. The van der Waals surface area contributed by atoms with Gasteiger partial charge in [-0.25, -0.2) is 0 Å². The zero-order valence-corrected chi connectivity index (χ0v) is 30.9. The van der Waals surface area contributed by atoms with Gasteiger partial charge in [0.05, 0.1) is 12.1 Å². The molecular formula is C38H34CuF6N2O6S2. The second-order valence-electron chi connectivity index (χ2n) is 11.7. The van der Waals surface area contributed by atoms with Crippen LogP contribution in [0.25, 0.3) is 21.5 Å². The Labute approximate surface area is 324 Å². The van der Waals surface area contributed by atoms with Gasteiger partial charge in [0.1, 0.15) is 0 Å². The van der Waals surface area contributed by atoms with E-state index in [1.807, 2.05) is 0 Å². The molecule has 2 atom stereocenters. The zero-order valence-electron chi connectivity index (χ0n) is 28.3. The Balaban J connectivity index is 0.000000403. The molecule has 0 aromatic heterocycles. The summed E-state index contributed by atoms with van der Waals surface area (Å²) in [5.41, 5.74) is -5.91. The van der Waals surface area contributed by atoms with Crippen LogP contribution in [0.3, 0.4) is 0 Å². The van der Waals surface area contributed by atoms with Crippen LogP contribution in [-0.2, 0) is 50.4 Å². The molecular weight excluding hydrogens is 822 g/mol. The first-order valence-electron chi connectivity index (χ1n) is 15.9. The predicted molar refractivity (Wildman–Crippen MR) is 195 cm³/mol. The van der Waals surface area contributed by atoms with Crippen LogP contribution in [0.15, 0.2) is 146 Å². The Kier molecular flexibility index (Phi) is 16.0. The number of alkyl halides is 6.